The number of carbonyl (C=O) groups is 1. The second-order valence-electron chi connectivity index (χ2n) is 17.0. The van der Waals surface area contributed by atoms with Gasteiger partial charge < -0.3 is 20.1 Å². The Morgan fingerprint density at radius 3 is 1.24 bits per heavy atom. The van der Waals surface area contributed by atoms with Crippen LogP contribution in [0, 0.1) is 0 Å². The Morgan fingerprint density at radius 1 is 0.492 bits per heavy atom. The molecule has 0 radical (unpaired) electrons. The van der Waals surface area contributed by atoms with Gasteiger partial charge in [0.25, 0.3) is 0 Å². The molecular weight excluding hydrogens is 758 g/mol. The van der Waals surface area contributed by atoms with Gasteiger partial charge in [-0.15, -0.1) is 0 Å². The normalized spacial score (nSPS) is 13.5. The van der Waals surface area contributed by atoms with Gasteiger partial charge in [0.05, 0.1) is 19.8 Å². The third kappa shape index (κ3) is 47.9. The molecule has 0 bridgehead atoms. The van der Waals surface area contributed by atoms with Crippen molar-refractivity contribution in [3.05, 3.63) is 24.3 Å². The van der Waals surface area contributed by atoms with Crippen LogP contribution in [0.5, 0.6) is 0 Å². The Morgan fingerprint density at radius 2 is 0.847 bits per heavy atom. The number of carbonyl (C=O) groups excluding carboxylic acids is 1. The van der Waals surface area contributed by atoms with Crippen LogP contribution in [-0.2, 0) is 27.9 Å². The number of rotatable bonds is 49. The molecule has 0 heterocycles. The molecule has 3 N–H and O–H groups in total. The number of nitrogens with two attached hydrogens (primary N) is 1. The van der Waals surface area contributed by atoms with E-state index in [2.05, 4.69) is 38.2 Å². The van der Waals surface area contributed by atoms with E-state index in [4.69, 9.17) is 24.3 Å². The van der Waals surface area contributed by atoms with Gasteiger partial charge in [-0.2, -0.15) is 0 Å². The van der Waals surface area contributed by atoms with E-state index >= 15 is 0 Å². The van der Waals surface area contributed by atoms with Crippen LogP contribution in [0.3, 0.4) is 0 Å². The maximum Gasteiger partial charge on any atom is 0.472 e. The lowest BCUT2D eigenvalue weighted by Crippen LogP contribution is -2.28. The van der Waals surface area contributed by atoms with Crippen LogP contribution in [0.15, 0.2) is 24.3 Å². The number of hydrogen-bond acceptors (Lipinski definition) is 7. The molecule has 0 saturated carbocycles. The summed E-state index contributed by atoms with van der Waals surface area (Å²) in [7, 11) is -4.28. The molecule has 0 aromatic heterocycles. The van der Waals surface area contributed by atoms with Crippen molar-refractivity contribution in [1.82, 2.24) is 0 Å². The zero-order valence-corrected chi connectivity index (χ0v) is 39.9. The summed E-state index contributed by atoms with van der Waals surface area (Å²) in [6.45, 7) is 4.95. The van der Waals surface area contributed by atoms with Crippen molar-refractivity contribution in [2.24, 2.45) is 5.73 Å². The molecule has 0 aliphatic heterocycles. The monoisotopic (exact) mass is 856 g/mol. The number of esters is 1. The van der Waals surface area contributed by atoms with Crippen LogP contribution >= 0.6 is 7.82 Å². The van der Waals surface area contributed by atoms with E-state index < -0.39 is 13.9 Å². The minimum absolute atomic E-state index is 0.0952. The van der Waals surface area contributed by atoms with Crippen molar-refractivity contribution >= 4 is 13.8 Å². The Hall–Kier alpha value is -1.02. The maximum atomic E-state index is 12.6. The summed E-state index contributed by atoms with van der Waals surface area (Å²) in [6, 6.07) is 0. The Bertz CT molecular complexity index is 962. The first-order chi connectivity index (χ1) is 28.9. The summed E-state index contributed by atoms with van der Waals surface area (Å²) in [4.78, 5) is 22.5. The molecule has 0 spiro atoms. The van der Waals surface area contributed by atoms with Crippen LogP contribution in [-0.4, -0.2) is 49.9 Å². The van der Waals surface area contributed by atoms with Gasteiger partial charge in [-0.3, -0.25) is 13.8 Å². The fraction of sp³-hybridized carbons (Fsp3) is 0.900. The average Bonchev–Trinajstić information content (AvgIpc) is 3.23. The molecule has 0 aliphatic rings. The van der Waals surface area contributed by atoms with Crippen LogP contribution in [0.1, 0.15) is 251 Å². The van der Waals surface area contributed by atoms with Crippen LogP contribution in [0.25, 0.3) is 0 Å². The van der Waals surface area contributed by atoms with E-state index in [0.717, 1.165) is 44.9 Å². The smallest absolute Gasteiger partial charge is 0.457 e. The van der Waals surface area contributed by atoms with Gasteiger partial charge >= 0.3 is 13.8 Å². The molecule has 0 rings (SSSR count). The van der Waals surface area contributed by atoms with Crippen molar-refractivity contribution in [2.45, 2.75) is 258 Å². The summed E-state index contributed by atoms with van der Waals surface area (Å²) < 4.78 is 33.6. The standard InChI is InChI=1S/C50H98NO7P/c1-3-5-7-9-11-13-15-17-19-21-22-23-24-25-26-27-28-30-32-34-36-38-40-42-45-55-47-49(48-57-59(53,54)56-46-44-51)58-50(52)43-41-39-37-35-33-31-29-20-18-16-14-12-10-8-6-4-2/h20-22,29,49H,3-19,23-28,30-48,51H2,1-2H3,(H,53,54)/b22-21-,29-20-. The lowest BCUT2D eigenvalue weighted by Gasteiger charge is -2.20. The average molecular weight is 856 g/mol. The van der Waals surface area contributed by atoms with Gasteiger partial charge in [0.2, 0.25) is 0 Å². The van der Waals surface area contributed by atoms with E-state index in [-0.39, 0.29) is 32.3 Å². The number of allylic oxidation sites excluding steroid dienone is 4. The van der Waals surface area contributed by atoms with Gasteiger partial charge in [0.1, 0.15) is 6.10 Å². The molecule has 8 nitrogen and oxygen atoms in total. The molecule has 0 amide bonds. The highest BCUT2D eigenvalue weighted by Crippen LogP contribution is 2.43. The highest BCUT2D eigenvalue weighted by Gasteiger charge is 2.25. The Kier molecular flexibility index (Phi) is 47.2. The topological polar surface area (TPSA) is 117 Å². The van der Waals surface area contributed by atoms with Gasteiger partial charge in [-0.1, -0.05) is 205 Å². The molecule has 2 unspecified atom stereocenters. The summed E-state index contributed by atoms with van der Waals surface area (Å²) in [6.07, 6.45) is 55.0. The predicted octanol–water partition coefficient (Wildman–Crippen LogP) is 15.6. The minimum Gasteiger partial charge on any atom is -0.457 e. The molecule has 0 saturated heterocycles. The second-order valence-corrected chi connectivity index (χ2v) is 18.5. The van der Waals surface area contributed by atoms with Gasteiger partial charge in [0.15, 0.2) is 0 Å². The van der Waals surface area contributed by atoms with Gasteiger partial charge in [-0.05, 0) is 64.2 Å². The van der Waals surface area contributed by atoms with E-state index in [0.29, 0.717) is 13.0 Å². The number of phosphoric acid groups is 1. The Labute approximate surface area is 366 Å². The SMILES string of the molecule is CCCCCCCCC/C=C\CCCCCCCC(=O)OC(COCCCCCCCCCCCCCC/C=C\CCCCCCCCCC)COP(=O)(O)OCCN. The number of phosphoric ester groups is 1. The predicted molar refractivity (Wildman–Crippen MR) is 252 cm³/mol. The molecule has 350 valence electrons. The fourth-order valence-electron chi connectivity index (χ4n) is 7.34. The maximum absolute atomic E-state index is 12.6. The van der Waals surface area contributed by atoms with Crippen molar-refractivity contribution in [3.63, 3.8) is 0 Å². The first-order valence-electron chi connectivity index (χ1n) is 25.3. The fourth-order valence-corrected chi connectivity index (χ4v) is 8.11. The lowest BCUT2D eigenvalue weighted by molar-refractivity contribution is -0.154. The van der Waals surface area contributed by atoms with Crippen molar-refractivity contribution in [2.75, 3.05) is 33.0 Å². The molecule has 9 heteroatoms. The van der Waals surface area contributed by atoms with E-state index in [1.54, 1.807) is 0 Å². The molecule has 0 aliphatic carbocycles. The number of hydrogen-bond donors (Lipinski definition) is 2. The highest BCUT2D eigenvalue weighted by molar-refractivity contribution is 7.47. The first-order valence-corrected chi connectivity index (χ1v) is 26.8. The third-order valence-electron chi connectivity index (χ3n) is 11.1. The van der Waals surface area contributed by atoms with Gasteiger partial charge in [0, 0.05) is 19.6 Å². The number of ether oxygens (including phenoxy) is 2. The largest absolute Gasteiger partial charge is 0.472 e. The summed E-state index contributed by atoms with van der Waals surface area (Å²) in [5, 5.41) is 0. The second kappa shape index (κ2) is 48.0. The summed E-state index contributed by atoms with van der Waals surface area (Å²) in [5.41, 5.74) is 5.38. The zero-order valence-electron chi connectivity index (χ0n) is 39.0. The number of unbranched alkanes of at least 4 members (excludes halogenated alkanes) is 32. The van der Waals surface area contributed by atoms with Crippen LogP contribution < -0.4 is 5.73 Å². The van der Waals surface area contributed by atoms with Crippen molar-refractivity contribution < 1.29 is 32.8 Å². The highest BCUT2D eigenvalue weighted by atomic mass is 31.2. The molecular formula is C50H98NO7P. The van der Waals surface area contributed by atoms with Crippen molar-refractivity contribution in [3.8, 4) is 0 Å². The summed E-state index contributed by atoms with van der Waals surface area (Å²) >= 11 is 0. The van der Waals surface area contributed by atoms with Crippen LogP contribution in [0.4, 0.5) is 0 Å². The molecule has 2 atom stereocenters. The lowest BCUT2D eigenvalue weighted by atomic mass is 10.0. The molecule has 0 aromatic rings. The molecule has 0 aromatic carbocycles. The Balaban J connectivity index is 3.90. The molecule has 0 fully saturated rings. The van der Waals surface area contributed by atoms with Crippen LogP contribution in [0.2, 0.25) is 0 Å². The van der Waals surface area contributed by atoms with Crippen molar-refractivity contribution in [1.29, 1.82) is 0 Å². The quantitative estimate of drug-likeness (QED) is 0.0269. The summed E-state index contributed by atoms with van der Waals surface area (Å²) in [5.74, 6) is -0.335. The third-order valence-corrected chi connectivity index (χ3v) is 12.1. The zero-order chi connectivity index (χ0) is 43.0. The van der Waals surface area contributed by atoms with Gasteiger partial charge in [-0.25, -0.2) is 4.57 Å². The first kappa shape index (κ1) is 58.0. The minimum atomic E-state index is -4.28. The van der Waals surface area contributed by atoms with E-state index in [1.807, 2.05) is 0 Å². The molecule has 59 heavy (non-hydrogen) atoms. The van der Waals surface area contributed by atoms with E-state index in [1.165, 1.54) is 186 Å². The van der Waals surface area contributed by atoms with E-state index in [9.17, 15) is 14.3 Å².